The van der Waals surface area contributed by atoms with E-state index in [2.05, 4.69) is 18.9 Å². The lowest BCUT2D eigenvalue weighted by Crippen LogP contribution is -2.44. The number of methoxy groups -OCH3 is 1. The predicted molar refractivity (Wildman–Crippen MR) is 83.5 cm³/mol. The summed E-state index contributed by atoms with van der Waals surface area (Å²) < 4.78 is 5.84. The minimum absolute atomic E-state index is 0.407. The van der Waals surface area contributed by atoms with Crippen molar-refractivity contribution >= 4 is 0 Å². The Labute approximate surface area is 120 Å². The van der Waals surface area contributed by atoms with Gasteiger partial charge in [0.05, 0.1) is 6.10 Å². The highest BCUT2D eigenvalue weighted by Gasteiger charge is 2.29. The minimum atomic E-state index is 0.407. The molecule has 0 saturated heterocycles. The maximum Gasteiger partial charge on any atom is 0.0752 e. The summed E-state index contributed by atoms with van der Waals surface area (Å²) in [7, 11) is 3.98. The van der Waals surface area contributed by atoms with Crippen LogP contribution in [0.25, 0.3) is 0 Å². The topological polar surface area (TPSA) is 21.3 Å². The van der Waals surface area contributed by atoms with E-state index >= 15 is 0 Å². The van der Waals surface area contributed by atoms with Gasteiger partial charge in [0, 0.05) is 13.2 Å². The van der Waals surface area contributed by atoms with E-state index in [-0.39, 0.29) is 0 Å². The Kier molecular flexibility index (Phi) is 9.19. The van der Waals surface area contributed by atoms with Crippen molar-refractivity contribution in [3.63, 3.8) is 0 Å². The zero-order valence-electron chi connectivity index (χ0n) is 13.0. The van der Waals surface area contributed by atoms with Gasteiger partial charge < -0.3 is 10.1 Å². The van der Waals surface area contributed by atoms with Crippen molar-refractivity contribution in [2.45, 2.75) is 76.4 Å². The van der Waals surface area contributed by atoms with Crippen LogP contribution in [0.2, 0.25) is 0 Å². The lowest BCUT2D eigenvalue weighted by molar-refractivity contribution is 0.00740. The highest BCUT2D eigenvalue weighted by atomic mass is 16.5. The number of allylic oxidation sites excluding steroid dienone is 1. The zero-order chi connectivity index (χ0) is 13.9. The molecule has 1 fully saturated rings. The summed E-state index contributed by atoms with van der Waals surface area (Å²) in [4.78, 5) is 0. The van der Waals surface area contributed by atoms with Gasteiger partial charge in [0.2, 0.25) is 0 Å². The molecule has 1 rings (SSSR count). The van der Waals surface area contributed by atoms with Crippen molar-refractivity contribution in [3.05, 3.63) is 12.7 Å². The van der Waals surface area contributed by atoms with Crippen molar-refractivity contribution in [3.8, 4) is 0 Å². The van der Waals surface area contributed by atoms with Gasteiger partial charge in [-0.3, -0.25) is 0 Å². The van der Waals surface area contributed by atoms with Crippen molar-refractivity contribution in [2.24, 2.45) is 5.92 Å². The normalized spacial score (nSPS) is 20.1. The van der Waals surface area contributed by atoms with Crippen LogP contribution in [0.15, 0.2) is 12.7 Å². The first-order valence-electron chi connectivity index (χ1n) is 8.14. The van der Waals surface area contributed by atoms with E-state index in [4.69, 9.17) is 4.74 Å². The molecule has 0 aromatic rings. The molecule has 0 radical (unpaired) electrons. The van der Waals surface area contributed by atoms with Crippen molar-refractivity contribution in [1.29, 1.82) is 0 Å². The van der Waals surface area contributed by atoms with E-state index < -0.39 is 0 Å². The number of likely N-dealkylation sites (N-methyl/N-ethyl adjacent to an activating group) is 1. The van der Waals surface area contributed by atoms with E-state index in [1.54, 1.807) is 0 Å². The SMILES string of the molecule is C=CCCCCCC(NC)C(OC)C1CCCCC1. The van der Waals surface area contributed by atoms with Gasteiger partial charge in [-0.2, -0.15) is 0 Å². The summed E-state index contributed by atoms with van der Waals surface area (Å²) >= 11 is 0. The largest absolute Gasteiger partial charge is 0.380 e. The van der Waals surface area contributed by atoms with Crippen molar-refractivity contribution in [2.75, 3.05) is 14.2 Å². The van der Waals surface area contributed by atoms with Crippen LogP contribution in [0.5, 0.6) is 0 Å². The summed E-state index contributed by atoms with van der Waals surface area (Å²) in [5, 5.41) is 3.50. The molecule has 0 bridgehead atoms. The second-order valence-corrected chi connectivity index (χ2v) is 5.92. The molecule has 1 saturated carbocycles. The average molecular weight is 267 g/mol. The van der Waals surface area contributed by atoms with E-state index in [1.807, 2.05) is 13.2 Å². The third-order valence-electron chi connectivity index (χ3n) is 4.58. The van der Waals surface area contributed by atoms with E-state index in [1.165, 1.54) is 57.8 Å². The number of unbranched alkanes of at least 4 members (excludes halogenated alkanes) is 3. The minimum Gasteiger partial charge on any atom is -0.380 e. The van der Waals surface area contributed by atoms with Gasteiger partial charge in [0.25, 0.3) is 0 Å². The summed E-state index contributed by atoms with van der Waals surface area (Å²) in [6.07, 6.45) is 15.6. The van der Waals surface area contributed by atoms with Gasteiger partial charge in [-0.15, -0.1) is 6.58 Å². The van der Waals surface area contributed by atoms with Crippen LogP contribution in [0.1, 0.15) is 64.2 Å². The zero-order valence-corrected chi connectivity index (χ0v) is 13.0. The second kappa shape index (κ2) is 10.4. The van der Waals surface area contributed by atoms with E-state index in [0.29, 0.717) is 12.1 Å². The Morgan fingerprint density at radius 2 is 1.95 bits per heavy atom. The molecule has 1 N–H and O–H groups in total. The molecule has 1 aliphatic rings. The van der Waals surface area contributed by atoms with Crippen LogP contribution in [-0.2, 0) is 4.74 Å². The molecule has 112 valence electrons. The van der Waals surface area contributed by atoms with Gasteiger partial charge in [-0.25, -0.2) is 0 Å². The average Bonchev–Trinajstić information content (AvgIpc) is 2.47. The molecular weight excluding hydrogens is 234 g/mol. The van der Waals surface area contributed by atoms with Gasteiger partial charge in [0.1, 0.15) is 0 Å². The van der Waals surface area contributed by atoms with Gasteiger partial charge in [-0.1, -0.05) is 38.2 Å². The van der Waals surface area contributed by atoms with Crippen LogP contribution >= 0.6 is 0 Å². The maximum atomic E-state index is 5.84. The molecule has 2 heteroatoms. The summed E-state index contributed by atoms with van der Waals surface area (Å²) in [6.45, 7) is 3.78. The van der Waals surface area contributed by atoms with Gasteiger partial charge in [-0.05, 0) is 45.1 Å². The Balaban J connectivity index is 2.34. The van der Waals surface area contributed by atoms with E-state index in [0.717, 1.165) is 12.3 Å². The smallest absolute Gasteiger partial charge is 0.0752 e. The highest BCUT2D eigenvalue weighted by Crippen LogP contribution is 2.30. The quantitative estimate of drug-likeness (QED) is 0.470. The van der Waals surface area contributed by atoms with Crippen LogP contribution in [-0.4, -0.2) is 26.3 Å². The highest BCUT2D eigenvalue weighted by molar-refractivity contribution is 4.84. The molecule has 19 heavy (non-hydrogen) atoms. The van der Waals surface area contributed by atoms with Crippen LogP contribution in [0.3, 0.4) is 0 Å². The first-order valence-corrected chi connectivity index (χ1v) is 8.14. The molecule has 0 spiro atoms. The van der Waals surface area contributed by atoms with Crippen LogP contribution < -0.4 is 5.32 Å². The molecular formula is C17H33NO. The predicted octanol–water partition coefficient (Wildman–Crippen LogP) is 4.31. The molecule has 0 amide bonds. The Morgan fingerprint density at radius 3 is 2.53 bits per heavy atom. The third-order valence-corrected chi connectivity index (χ3v) is 4.58. The summed E-state index contributed by atoms with van der Waals surface area (Å²) in [5.41, 5.74) is 0. The number of hydrogen-bond acceptors (Lipinski definition) is 2. The lowest BCUT2D eigenvalue weighted by atomic mass is 9.81. The standard InChI is InChI=1S/C17H33NO/c1-4-5-6-7-11-14-16(18-2)17(19-3)15-12-9-8-10-13-15/h4,15-18H,1,5-14H2,2-3H3. The van der Waals surface area contributed by atoms with Crippen LogP contribution in [0, 0.1) is 5.92 Å². The molecule has 2 unspecified atom stereocenters. The van der Waals surface area contributed by atoms with Crippen molar-refractivity contribution < 1.29 is 4.74 Å². The number of ether oxygens (including phenoxy) is 1. The van der Waals surface area contributed by atoms with Gasteiger partial charge >= 0.3 is 0 Å². The molecule has 2 atom stereocenters. The monoisotopic (exact) mass is 267 g/mol. The summed E-state index contributed by atoms with van der Waals surface area (Å²) in [5.74, 6) is 0.768. The van der Waals surface area contributed by atoms with Gasteiger partial charge in [0.15, 0.2) is 0 Å². The summed E-state index contributed by atoms with van der Waals surface area (Å²) in [6, 6.07) is 0.525. The first-order chi connectivity index (χ1) is 9.33. The number of hydrogen-bond donors (Lipinski definition) is 1. The Hall–Kier alpha value is -0.340. The fraction of sp³-hybridized carbons (Fsp3) is 0.882. The Bertz CT molecular complexity index is 223. The first kappa shape index (κ1) is 16.7. The van der Waals surface area contributed by atoms with E-state index in [9.17, 15) is 0 Å². The fourth-order valence-electron chi connectivity index (χ4n) is 3.45. The fourth-order valence-corrected chi connectivity index (χ4v) is 3.45. The number of rotatable bonds is 10. The Morgan fingerprint density at radius 1 is 1.21 bits per heavy atom. The molecule has 0 aromatic heterocycles. The molecule has 1 aliphatic carbocycles. The molecule has 0 aromatic carbocycles. The third kappa shape index (κ3) is 6.09. The molecule has 2 nitrogen and oxygen atoms in total. The van der Waals surface area contributed by atoms with Crippen molar-refractivity contribution in [1.82, 2.24) is 5.32 Å². The molecule has 0 aliphatic heterocycles. The molecule has 0 heterocycles. The maximum absolute atomic E-state index is 5.84. The number of nitrogens with one attached hydrogen (secondary N) is 1. The second-order valence-electron chi connectivity index (χ2n) is 5.92. The van der Waals surface area contributed by atoms with Crippen LogP contribution in [0.4, 0.5) is 0 Å². The lowest BCUT2D eigenvalue weighted by Gasteiger charge is -2.35.